The minimum absolute atomic E-state index is 0.0109. The van der Waals surface area contributed by atoms with Crippen LogP contribution in [-0.2, 0) is 20.7 Å². The summed E-state index contributed by atoms with van der Waals surface area (Å²) in [5.74, 6) is -0.264. The molecule has 0 radical (unpaired) electrons. The first-order chi connectivity index (χ1) is 13.9. The first-order valence-corrected chi connectivity index (χ1v) is 10.1. The van der Waals surface area contributed by atoms with E-state index < -0.39 is 18.5 Å². The number of ether oxygens (including phenoxy) is 2. The van der Waals surface area contributed by atoms with Gasteiger partial charge < -0.3 is 9.47 Å². The molecule has 0 aliphatic rings. The van der Waals surface area contributed by atoms with Gasteiger partial charge >= 0.3 is 5.97 Å². The van der Waals surface area contributed by atoms with Gasteiger partial charge in [-0.05, 0) is 42.0 Å². The van der Waals surface area contributed by atoms with Crippen molar-refractivity contribution in [3.05, 3.63) is 63.5 Å². The molecule has 0 bridgehead atoms. The van der Waals surface area contributed by atoms with Gasteiger partial charge in [-0.15, -0.1) is 11.3 Å². The molecule has 0 saturated carbocycles. The third-order valence-electron chi connectivity index (χ3n) is 3.83. The van der Waals surface area contributed by atoms with Crippen molar-refractivity contribution in [3.63, 3.8) is 0 Å². The van der Waals surface area contributed by atoms with E-state index in [1.807, 2.05) is 29.6 Å². The Morgan fingerprint density at radius 2 is 1.86 bits per heavy atom. The molecule has 9 heteroatoms. The minimum atomic E-state index is -0.545. The fraction of sp³-hybridized carbons (Fsp3) is 0.150. The third kappa shape index (κ3) is 5.93. The fourth-order valence-corrected chi connectivity index (χ4v) is 3.45. The number of carbonyl (C=O) groups is 2. The summed E-state index contributed by atoms with van der Waals surface area (Å²) in [5.41, 5.74) is 2.27. The van der Waals surface area contributed by atoms with Gasteiger partial charge in [0.05, 0.1) is 29.3 Å². The molecule has 1 amide bonds. The Bertz CT molecular complexity index is 1020. The minimum Gasteiger partial charge on any atom is -0.497 e. The topological polar surface area (TPSA) is 77.5 Å². The van der Waals surface area contributed by atoms with E-state index in [1.165, 1.54) is 11.3 Å². The maximum absolute atomic E-state index is 12.0. The predicted octanol–water partition coefficient (Wildman–Crippen LogP) is 4.85. The molecule has 0 atom stereocenters. The Morgan fingerprint density at radius 1 is 1.10 bits per heavy atom. The standard InChI is InChI=1S/C20H16Cl2N2O4S/c1-27-14-5-3-13(4-6-14)17-11-29-20(23-17)24-18(25)10-28-19(26)9-12-2-7-15(21)16(22)8-12/h2-8,11H,9-10H2,1H3,(H,23,24,25). The maximum Gasteiger partial charge on any atom is 0.310 e. The average molecular weight is 451 g/mol. The van der Waals surface area contributed by atoms with E-state index in [0.717, 1.165) is 17.0 Å². The van der Waals surface area contributed by atoms with Gasteiger partial charge in [0.15, 0.2) is 11.7 Å². The molecule has 0 aliphatic heterocycles. The Balaban J connectivity index is 1.49. The summed E-state index contributed by atoms with van der Waals surface area (Å²) in [7, 11) is 1.60. The number of rotatable bonds is 7. The molecule has 29 heavy (non-hydrogen) atoms. The molecule has 1 N–H and O–H groups in total. The SMILES string of the molecule is COc1ccc(-c2csc(NC(=O)COC(=O)Cc3ccc(Cl)c(Cl)c3)n2)cc1. The largest absolute Gasteiger partial charge is 0.497 e. The van der Waals surface area contributed by atoms with Gasteiger partial charge in [0.25, 0.3) is 5.91 Å². The lowest BCUT2D eigenvalue weighted by Crippen LogP contribution is -2.21. The Kier molecular flexibility index (Phi) is 7.09. The van der Waals surface area contributed by atoms with E-state index in [4.69, 9.17) is 32.7 Å². The molecule has 0 fully saturated rings. The molecule has 1 aromatic heterocycles. The van der Waals surface area contributed by atoms with Crippen molar-refractivity contribution in [3.8, 4) is 17.0 Å². The lowest BCUT2D eigenvalue weighted by Gasteiger charge is -2.06. The second-order valence-corrected chi connectivity index (χ2v) is 7.57. The van der Waals surface area contributed by atoms with Crippen LogP contribution in [-0.4, -0.2) is 30.6 Å². The van der Waals surface area contributed by atoms with Crippen molar-refractivity contribution in [2.45, 2.75) is 6.42 Å². The van der Waals surface area contributed by atoms with Crippen molar-refractivity contribution < 1.29 is 19.1 Å². The van der Waals surface area contributed by atoms with Crippen molar-refractivity contribution >= 4 is 51.5 Å². The number of thiazole rings is 1. The average Bonchev–Trinajstić information content (AvgIpc) is 3.17. The number of methoxy groups -OCH3 is 1. The zero-order valence-corrected chi connectivity index (χ0v) is 17.6. The Morgan fingerprint density at radius 3 is 2.55 bits per heavy atom. The number of nitrogens with one attached hydrogen (secondary N) is 1. The van der Waals surface area contributed by atoms with E-state index in [0.29, 0.717) is 20.7 Å². The quantitative estimate of drug-likeness (QED) is 0.520. The number of halogens is 2. The predicted molar refractivity (Wildman–Crippen MR) is 114 cm³/mol. The molecule has 3 aromatic rings. The summed E-state index contributed by atoms with van der Waals surface area (Å²) in [5, 5.41) is 5.62. The van der Waals surface area contributed by atoms with E-state index in [-0.39, 0.29) is 6.42 Å². The van der Waals surface area contributed by atoms with Crippen LogP contribution in [0.25, 0.3) is 11.3 Å². The Hall–Kier alpha value is -2.61. The monoisotopic (exact) mass is 450 g/mol. The van der Waals surface area contributed by atoms with Crippen LogP contribution in [0.1, 0.15) is 5.56 Å². The molecule has 0 unspecified atom stereocenters. The third-order valence-corrected chi connectivity index (χ3v) is 5.33. The van der Waals surface area contributed by atoms with Crippen LogP contribution in [0.3, 0.4) is 0 Å². The van der Waals surface area contributed by atoms with Crippen molar-refractivity contribution in [1.29, 1.82) is 0 Å². The van der Waals surface area contributed by atoms with Crippen LogP contribution in [0, 0.1) is 0 Å². The molecular formula is C20H16Cl2N2O4S. The molecule has 6 nitrogen and oxygen atoms in total. The number of esters is 1. The lowest BCUT2D eigenvalue weighted by atomic mass is 10.1. The van der Waals surface area contributed by atoms with E-state index in [1.54, 1.807) is 25.3 Å². The summed E-state index contributed by atoms with van der Waals surface area (Å²) >= 11 is 13.0. The van der Waals surface area contributed by atoms with Crippen molar-refractivity contribution in [2.24, 2.45) is 0 Å². The summed E-state index contributed by atoms with van der Waals surface area (Å²) in [4.78, 5) is 28.3. The van der Waals surface area contributed by atoms with Crippen LogP contribution in [0.4, 0.5) is 5.13 Å². The van der Waals surface area contributed by atoms with Crippen molar-refractivity contribution in [1.82, 2.24) is 4.98 Å². The Labute approximate surface area is 181 Å². The first kappa shape index (κ1) is 21.1. The van der Waals surface area contributed by atoms with Crippen LogP contribution in [0.5, 0.6) is 5.75 Å². The second kappa shape index (κ2) is 9.73. The summed E-state index contributed by atoms with van der Waals surface area (Å²) in [6, 6.07) is 12.3. The molecule has 3 rings (SSSR count). The number of carbonyl (C=O) groups excluding carboxylic acids is 2. The number of anilines is 1. The second-order valence-electron chi connectivity index (χ2n) is 5.90. The van der Waals surface area contributed by atoms with E-state index in [9.17, 15) is 9.59 Å². The normalized spacial score (nSPS) is 10.4. The van der Waals surface area contributed by atoms with Crippen LogP contribution < -0.4 is 10.1 Å². The van der Waals surface area contributed by atoms with Crippen LogP contribution in [0.15, 0.2) is 47.8 Å². The van der Waals surface area contributed by atoms with Gasteiger partial charge in [-0.3, -0.25) is 14.9 Å². The number of hydrogen-bond donors (Lipinski definition) is 1. The van der Waals surface area contributed by atoms with Crippen molar-refractivity contribution in [2.75, 3.05) is 19.0 Å². The smallest absolute Gasteiger partial charge is 0.310 e. The van der Waals surface area contributed by atoms with Gasteiger partial charge in [0.2, 0.25) is 0 Å². The molecule has 0 spiro atoms. The fourth-order valence-electron chi connectivity index (χ4n) is 2.39. The van der Waals surface area contributed by atoms with Crippen LogP contribution >= 0.6 is 34.5 Å². The maximum atomic E-state index is 12.0. The molecule has 150 valence electrons. The van der Waals surface area contributed by atoms with E-state index in [2.05, 4.69) is 10.3 Å². The highest BCUT2D eigenvalue weighted by molar-refractivity contribution is 7.14. The number of benzene rings is 2. The number of amides is 1. The highest BCUT2D eigenvalue weighted by Crippen LogP contribution is 2.26. The molecular weight excluding hydrogens is 435 g/mol. The summed E-state index contributed by atoms with van der Waals surface area (Å²) in [6.07, 6.45) is -0.0109. The van der Waals surface area contributed by atoms with Gasteiger partial charge in [-0.2, -0.15) is 0 Å². The van der Waals surface area contributed by atoms with Crippen LogP contribution in [0.2, 0.25) is 10.0 Å². The number of nitrogens with zero attached hydrogens (tertiary/aromatic N) is 1. The highest BCUT2D eigenvalue weighted by atomic mass is 35.5. The molecule has 0 aliphatic carbocycles. The summed E-state index contributed by atoms with van der Waals surface area (Å²) < 4.78 is 10.1. The highest BCUT2D eigenvalue weighted by Gasteiger charge is 2.12. The first-order valence-electron chi connectivity index (χ1n) is 8.44. The van der Waals surface area contributed by atoms with E-state index >= 15 is 0 Å². The molecule has 2 aromatic carbocycles. The number of hydrogen-bond acceptors (Lipinski definition) is 6. The number of aromatic nitrogens is 1. The van der Waals surface area contributed by atoms with Gasteiger partial charge in [-0.1, -0.05) is 29.3 Å². The molecule has 1 heterocycles. The summed E-state index contributed by atoms with van der Waals surface area (Å²) in [6.45, 7) is -0.405. The zero-order valence-electron chi connectivity index (χ0n) is 15.3. The molecule has 0 saturated heterocycles. The van der Waals surface area contributed by atoms with Gasteiger partial charge in [0.1, 0.15) is 5.75 Å². The lowest BCUT2D eigenvalue weighted by molar-refractivity contribution is -0.146. The zero-order chi connectivity index (χ0) is 20.8. The van der Waals surface area contributed by atoms with Gasteiger partial charge in [-0.25, -0.2) is 4.98 Å². The van der Waals surface area contributed by atoms with Gasteiger partial charge in [0, 0.05) is 10.9 Å².